The molecule has 1 aromatic rings. The molecular weight excluding hydrogens is 244 g/mol. The molecule has 0 radical (unpaired) electrons. The summed E-state index contributed by atoms with van der Waals surface area (Å²) in [4.78, 5) is 2.47. The van der Waals surface area contributed by atoms with E-state index < -0.39 is 0 Å². The van der Waals surface area contributed by atoms with Crippen LogP contribution in [0.15, 0.2) is 24.3 Å². The quantitative estimate of drug-likeness (QED) is 0.773. The first-order valence-electron chi connectivity index (χ1n) is 6.88. The second-order valence-corrected chi connectivity index (χ2v) is 5.10. The van der Waals surface area contributed by atoms with Gasteiger partial charge < -0.3 is 10.2 Å². The average molecular weight is 269 g/mol. The van der Waals surface area contributed by atoms with E-state index in [-0.39, 0.29) is 0 Å². The van der Waals surface area contributed by atoms with Gasteiger partial charge in [0.05, 0.1) is 0 Å². The molecule has 0 aliphatic heterocycles. The van der Waals surface area contributed by atoms with Gasteiger partial charge in [-0.2, -0.15) is 0 Å². The Kier molecular flexibility index (Phi) is 7.33. The van der Waals surface area contributed by atoms with Crippen molar-refractivity contribution in [3.8, 4) is 0 Å². The van der Waals surface area contributed by atoms with E-state index in [1.165, 1.54) is 18.5 Å². The van der Waals surface area contributed by atoms with Crippen LogP contribution >= 0.6 is 11.6 Å². The molecule has 0 saturated heterocycles. The first kappa shape index (κ1) is 15.5. The third kappa shape index (κ3) is 5.38. The highest BCUT2D eigenvalue weighted by Crippen LogP contribution is 2.15. The van der Waals surface area contributed by atoms with Gasteiger partial charge in [-0.3, -0.25) is 0 Å². The van der Waals surface area contributed by atoms with E-state index >= 15 is 0 Å². The number of hydrogen-bond donors (Lipinski definition) is 1. The Bertz CT molecular complexity index is 324. The normalized spacial score (nSPS) is 12.9. The maximum Gasteiger partial charge on any atom is 0.0406 e. The monoisotopic (exact) mass is 268 g/mol. The third-order valence-electron chi connectivity index (χ3n) is 3.24. The topological polar surface area (TPSA) is 15.3 Å². The van der Waals surface area contributed by atoms with Crippen LogP contribution in [0.25, 0.3) is 0 Å². The van der Waals surface area contributed by atoms with Crippen molar-refractivity contribution in [3.05, 3.63) is 34.9 Å². The molecule has 0 aliphatic rings. The first-order chi connectivity index (χ1) is 8.67. The fourth-order valence-electron chi connectivity index (χ4n) is 2.05. The van der Waals surface area contributed by atoms with Gasteiger partial charge in [0.25, 0.3) is 0 Å². The van der Waals surface area contributed by atoms with Gasteiger partial charge in [0.15, 0.2) is 0 Å². The van der Waals surface area contributed by atoms with Crippen LogP contribution in [0, 0.1) is 0 Å². The highest BCUT2D eigenvalue weighted by atomic mass is 35.5. The minimum atomic E-state index is 0.377. The maximum atomic E-state index is 5.89. The molecule has 18 heavy (non-hydrogen) atoms. The molecule has 0 spiro atoms. The molecule has 1 aromatic carbocycles. The molecular formula is C15H25ClN2. The summed E-state index contributed by atoms with van der Waals surface area (Å²) in [6, 6.07) is 8.45. The second-order valence-electron chi connectivity index (χ2n) is 4.66. The van der Waals surface area contributed by atoms with E-state index in [0.717, 1.165) is 24.7 Å². The molecule has 0 aromatic heterocycles. The van der Waals surface area contributed by atoms with Crippen molar-refractivity contribution in [1.29, 1.82) is 0 Å². The zero-order valence-corrected chi connectivity index (χ0v) is 12.5. The summed E-state index contributed by atoms with van der Waals surface area (Å²) in [6.07, 6.45) is 1.22. The lowest BCUT2D eigenvalue weighted by Gasteiger charge is -2.21. The van der Waals surface area contributed by atoms with E-state index in [2.05, 4.69) is 43.1 Å². The van der Waals surface area contributed by atoms with Crippen molar-refractivity contribution in [3.63, 3.8) is 0 Å². The second kappa shape index (κ2) is 8.52. The van der Waals surface area contributed by atoms with Gasteiger partial charge in [-0.15, -0.1) is 0 Å². The fourth-order valence-corrected chi connectivity index (χ4v) is 2.18. The molecule has 0 saturated carbocycles. The minimum Gasteiger partial charge on any atom is -0.309 e. The summed E-state index contributed by atoms with van der Waals surface area (Å²) < 4.78 is 0. The highest BCUT2D eigenvalue weighted by molar-refractivity contribution is 6.30. The van der Waals surface area contributed by atoms with E-state index in [4.69, 9.17) is 11.6 Å². The molecule has 0 heterocycles. The van der Waals surface area contributed by atoms with E-state index in [1.807, 2.05) is 12.1 Å². The summed E-state index contributed by atoms with van der Waals surface area (Å²) in [7, 11) is 0. The Morgan fingerprint density at radius 1 is 1.17 bits per heavy atom. The van der Waals surface area contributed by atoms with Gasteiger partial charge in [-0.1, -0.05) is 37.6 Å². The smallest absolute Gasteiger partial charge is 0.0406 e. The lowest BCUT2D eigenvalue weighted by molar-refractivity contribution is 0.284. The molecule has 3 heteroatoms. The maximum absolute atomic E-state index is 5.89. The number of halogens is 1. The number of hydrogen-bond acceptors (Lipinski definition) is 2. The van der Waals surface area contributed by atoms with Crippen molar-refractivity contribution in [1.82, 2.24) is 10.2 Å². The number of benzene rings is 1. The Morgan fingerprint density at radius 3 is 2.39 bits per heavy atom. The summed E-state index contributed by atoms with van der Waals surface area (Å²) in [6.45, 7) is 11.1. The number of likely N-dealkylation sites (N-methyl/N-ethyl adjacent to an activating group) is 1. The number of nitrogens with one attached hydrogen (secondary N) is 1. The fraction of sp³-hybridized carbons (Fsp3) is 0.600. The molecule has 1 unspecified atom stereocenters. The van der Waals surface area contributed by atoms with E-state index in [9.17, 15) is 0 Å². The largest absolute Gasteiger partial charge is 0.309 e. The van der Waals surface area contributed by atoms with Crippen LogP contribution in [0.5, 0.6) is 0 Å². The zero-order valence-electron chi connectivity index (χ0n) is 11.7. The molecule has 1 N–H and O–H groups in total. The van der Waals surface area contributed by atoms with Crippen molar-refractivity contribution >= 4 is 11.6 Å². The van der Waals surface area contributed by atoms with Crippen LogP contribution in [0.3, 0.4) is 0 Å². The van der Waals surface area contributed by atoms with Crippen molar-refractivity contribution in [2.45, 2.75) is 33.2 Å². The Labute approximate surface area is 116 Å². The van der Waals surface area contributed by atoms with Crippen LogP contribution in [-0.4, -0.2) is 31.1 Å². The summed E-state index contributed by atoms with van der Waals surface area (Å²) in [5, 5.41) is 4.35. The molecule has 0 bridgehead atoms. The predicted molar refractivity (Wildman–Crippen MR) is 80.3 cm³/mol. The average Bonchev–Trinajstić information content (AvgIpc) is 2.38. The van der Waals surface area contributed by atoms with Gasteiger partial charge in [0.2, 0.25) is 0 Å². The van der Waals surface area contributed by atoms with Crippen LogP contribution < -0.4 is 5.32 Å². The van der Waals surface area contributed by atoms with Crippen molar-refractivity contribution in [2.24, 2.45) is 0 Å². The molecule has 1 rings (SSSR count). The Morgan fingerprint density at radius 2 is 1.83 bits per heavy atom. The SMILES string of the molecule is CCCN(CC)CCNC(C)c1ccc(Cl)cc1. The molecule has 1 atom stereocenters. The molecule has 2 nitrogen and oxygen atoms in total. The van der Waals surface area contributed by atoms with Crippen LogP contribution in [0.4, 0.5) is 0 Å². The lowest BCUT2D eigenvalue weighted by Crippen LogP contribution is -2.33. The van der Waals surface area contributed by atoms with Crippen molar-refractivity contribution < 1.29 is 0 Å². The Hall–Kier alpha value is -0.570. The highest BCUT2D eigenvalue weighted by Gasteiger charge is 2.05. The van der Waals surface area contributed by atoms with Gasteiger partial charge in [0.1, 0.15) is 0 Å². The first-order valence-corrected chi connectivity index (χ1v) is 7.26. The predicted octanol–water partition coefficient (Wildman–Crippen LogP) is 3.72. The van der Waals surface area contributed by atoms with E-state index in [1.54, 1.807) is 0 Å². The lowest BCUT2D eigenvalue weighted by atomic mass is 10.1. The van der Waals surface area contributed by atoms with Gasteiger partial charge in [0, 0.05) is 24.2 Å². The molecule has 0 fully saturated rings. The van der Waals surface area contributed by atoms with Crippen LogP contribution in [0.2, 0.25) is 5.02 Å². The molecule has 0 aliphatic carbocycles. The molecule has 102 valence electrons. The zero-order chi connectivity index (χ0) is 13.4. The number of nitrogens with zero attached hydrogens (tertiary/aromatic N) is 1. The molecule has 0 amide bonds. The third-order valence-corrected chi connectivity index (χ3v) is 3.49. The van der Waals surface area contributed by atoms with Gasteiger partial charge in [-0.25, -0.2) is 0 Å². The summed E-state index contributed by atoms with van der Waals surface area (Å²) in [5.74, 6) is 0. The Balaban J connectivity index is 2.32. The summed E-state index contributed by atoms with van der Waals surface area (Å²) >= 11 is 5.89. The van der Waals surface area contributed by atoms with Crippen molar-refractivity contribution in [2.75, 3.05) is 26.2 Å². The van der Waals surface area contributed by atoms with Crippen LogP contribution in [-0.2, 0) is 0 Å². The van der Waals surface area contributed by atoms with Gasteiger partial charge >= 0.3 is 0 Å². The minimum absolute atomic E-state index is 0.377. The van der Waals surface area contributed by atoms with Crippen LogP contribution in [0.1, 0.15) is 38.8 Å². The van der Waals surface area contributed by atoms with E-state index in [0.29, 0.717) is 6.04 Å². The summed E-state index contributed by atoms with van der Waals surface area (Å²) in [5.41, 5.74) is 1.29. The number of rotatable bonds is 8. The van der Waals surface area contributed by atoms with Gasteiger partial charge in [-0.05, 0) is 44.1 Å². The standard InChI is InChI=1S/C15H25ClN2/c1-4-11-18(5-2)12-10-17-13(3)14-6-8-15(16)9-7-14/h6-9,13,17H,4-5,10-12H2,1-3H3.